The summed E-state index contributed by atoms with van der Waals surface area (Å²) in [5, 5.41) is 16.0. The van der Waals surface area contributed by atoms with E-state index in [1.807, 2.05) is 6.07 Å². The number of benzene rings is 4. The monoisotopic (exact) mass is 391 g/mol. The van der Waals surface area contributed by atoms with Crippen molar-refractivity contribution in [3.63, 3.8) is 0 Å². The van der Waals surface area contributed by atoms with Crippen molar-refractivity contribution in [2.24, 2.45) is 5.92 Å². The van der Waals surface area contributed by atoms with Gasteiger partial charge in [-0.15, -0.1) is 0 Å². The van der Waals surface area contributed by atoms with E-state index < -0.39 is 5.97 Å². The van der Waals surface area contributed by atoms with Crippen molar-refractivity contribution in [1.82, 2.24) is 0 Å². The van der Waals surface area contributed by atoms with Crippen molar-refractivity contribution < 1.29 is 9.90 Å². The van der Waals surface area contributed by atoms with E-state index in [9.17, 15) is 9.90 Å². The summed E-state index contributed by atoms with van der Waals surface area (Å²) in [6.45, 7) is 0. The standard InChI is InChI=1S/C27H21NO2/c29-27(30)22-14-6-13-21-24-19-11-4-2-8-17(19)15-23(24)25(28-26(21)22)20-12-5-9-16-7-1-3-10-18(16)20/h1-14,23-25,28H,15H2,(H,29,30)/t23-,24-,25+/m0/s1. The molecule has 0 radical (unpaired) electrons. The molecule has 146 valence electrons. The third-order valence-electron chi connectivity index (χ3n) is 6.82. The van der Waals surface area contributed by atoms with Gasteiger partial charge in [-0.2, -0.15) is 0 Å². The zero-order valence-electron chi connectivity index (χ0n) is 16.4. The van der Waals surface area contributed by atoms with Crippen LogP contribution >= 0.6 is 0 Å². The molecule has 3 atom stereocenters. The van der Waals surface area contributed by atoms with Crippen LogP contribution in [0.25, 0.3) is 10.8 Å². The van der Waals surface area contributed by atoms with Gasteiger partial charge in [-0.25, -0.2) is 4.79 Å². The average Bonchev–Trinajstić information content (AvgIpc) is 3.17. The molecule has 3 nitrogen and oxygen atoms in total. The van der Waals surface area contributed by atoms with Crippen molar-refractivity contribution in [2.45, 2.75) is 18.4 Å². The molecule has 0 saturated heterocycles. The van der Waals surface area contributed by atoms with Crippen molar-refractivity contribution in [3.8, 4) is 0 Å². The summed E-state index contributed by atoms with van der Waals surface area (Å²) in [6.07, 6.45) is 0.985. The second-order valence-corrected chi connectivity index (χ2v) is 8.31. The first-order valence-electron chi connectivity index (χ1n) is 10.4. The van der Waals surface area contributed by atoms with E-state index in [-0.39, 0.29) is 12.0 Å². The molecule has 30 heavy (non-hydrogen) atoms. The maximum absolute atomic E-state index is 12.0. The first kappa shape index (κ1) is 17.3. The highest BCUT2D eigenvalue weighted by molar-refractivity contribution is 5.96. The van der Waals surface area contributed by atoms with Crippen LogP contribution in [0.1, 0.15) is 44.6 Å². The Morgan fingerprint density at radius 1 is 0.800 bits per heavy atom. The Morgan fingerprint density at radius 3 is 2.40 bits per heavy atom. The molecule has 1 heterocycles. The second kappa shape index (κ2) is 6.46. The fourth-order valence-electron chi connectivity index (χ4n) is 5.60. The van der Waals surface area contributed by atoms with Crippen LogP contribution in [-0.4, -0.2) is 11.1 Å². The fraction of sp³-hybridized carbons (Fsp3) is 0.148. The van der Waals surface area contributed by atoms with E-state index >= 15 is 0 Å². The highest BCUT2D eigenvalue weighted by Gasteiger charge is 2.44. The number of rotatable bonds is 2. The second-order valence-electron chi connectivity index (χ2n) is 8.31. The Kier molecular flexibility index (Phi) is 3.72. The number of carbonyl (C=O) groups is 1. The van der Waals surface area contributed by atoms with Gasteiger partial charge in [0.1, 0.15) is 0 Å². The third kappa shape index (κ3) is 2.42. The molecule has 0 fully saturated rings. The lowest BCUT2D eigenvalue weighted by atomic mass is 9.74. The zero-order valence-corrected chi connectivity index (χ0v) is 16.4. The highest BCUT2D eigenvalue weighted by Crippen LogP contribution is 2.55. The number of anilines is 1. The molecule has 0 saturated carbocycles. The Labute approximate surface area is 175 Å². The zero-order chi connectivity index (χ0) is 20.2. The topological polar surface area (TPSA) is 49.3 Å². The summed E-state index contributed by atoms with van der Waals surface area (Å²) >= 11 is 0. The lowest BCUT2D eigenvalue weighted by Gasteiger charge is -2.39. The van der Waals surface area contributed by atoms with Crippen LogP contribution in [0, 0.1) is 5.92 Å². The minimum absolute atomic E-state index is 0.0431. The Bertz CT molecular complexity index is 1300. The summed E-state index contributed by atoms with van der Waals surface area (Å²) in [6, 6.07) is 29.2. The minimum atomic E-state index is -0.888. The Hall–Kier alpha value is -3.59. The van der Waals surface area contributed by atoms with Crippen LogP contribution in [0.4, 0.5) is 5.69 Å². The van der Waals surface area contributed by atoms with E-state index in [0.29, 0.717) is 11.5 Å². The lowest BCUT2D eigenvalue weighted by molar-refractivity contribution is 0.0697. The summed E-state index contributed by atoms with van der Waals surface area (Å²) in [4.78, 5) is 12.0. The van der Waals surface area contributed by atoms with Gasteiger partial charge in [0.15, 0.2) is 0 Å². The fourth-order valence-corrected chi connectivity index (χ4v) is 5.60. The van der Waals surface area contributed by atoms with Gasteiger partial charge >= 0.3 is 5.97 Å². The van der Waals surface area contributed by atoms with E-state index in [1.54, 1.807) is 6.07 Å². The summed E-state index contributed by atoms with van der Waals surface area (Å²) in [7, 11) is 0. The van der Waals surface area contributed by atoms with Crippen molar-refractivity contribution in [2.75, 3.05) is 5.32 Å². The SMILES string of the molecule is O=C(O)c1cccc2c1N[C@H](c1cccc3ccccc13)[C@H]1Cc3ccccc3[C@@H]21. The van der Waals surface area contributed by atoms with Crippen LogP contribution in [0.15, 0.2) is 84.9 Å². The third-order valence-corrected chi connectivity index (χ3v) is 6.82. The smallest absolute Gasteiger partial charge is 0.337 e. The first-order valence-corrected chi connectivity index (χ1v) is 10.4. The molecule has 2 aliphatic rings. The number of aromatic carboxylic acids is 1. The molecule has 2 N–H and O–H groups in total. The van der Waals surface area contributed by atoms with Crippen LogP contribution < -0.4 is 5.32 Å². The summed E-state index contributed by atoms with van der Waals surface area (Å²) < 4.78 is 0. The van der Waals surface area contributed by atoms with E-state index in [1.165, 1.54) is 27.5 Å². The predicted molar refractivity (Wildman–Crippen MR) is 119 cm³/mol. The van der Waals surface area contributed by atoms with Gasteiger partial charge in [0, 0.05) is 5.92 Å². The molecule has 3 heteroatoms. The van der Waals surface area contributed by atoms with Gasteiger partial charge in [0.25, 0.3) is 0 Å². The van der Waals surface area contributed by atoms with Gasteiger partial charge in [-0.1, -0.05) is 78.9 Å². The largest absolute Gasteiger partial charge is 0.478 e. The van der Waals surface area contributed by atoms with Gasteiger partial charge < -0.3 is 10.4 Å². The molecule has 0 unspecified atom stereocenters. The van der Waals surface area contributed by atoms with Crippen LogP contribution in [0.3, 0.4) is 0 Å². The molecular formula is C27H21NO2. The molecule has 0 spiro atoms. The minimum Gasteiger partial charge on any atom is -0.478 e. The quantitative estimate of drug-likeness (QED) is 0.440. The molecular weight excluding hydrogens is 370 g/mol. The van der Waals surface area contributed by atoms with Crippen LogP contribution in [0.2, 0.25) is 0 Å². The van der Waals surface area contributed by atoms with Gasteiger partial charge in [0.2, 0.25) is 0 Å². The van der Waals surface area contributed by atoms with E-state index in [4.69, 9.17) is 0 Å². The number of carboxylic acids is 1. The molecule has 0 aromatic heterocycles. The Balaban J connectivity index is 1.61. The van der Waals surface area contributed by atoms with E-state index in [2.05, 4.69) is 78.1 Å². The molecule has 4 aromatic carbocycles. The molecule has 1 aliphatic heterocycles. The highest BCUT2D eigenvalue weighted by atomic mass is 16.4. The lowest BCUT2D eigenvalue weighted by Crippen LogP contribution is -2.31. The average molecular weight is 391 g/mol. The van der Waals surface area contributed by atoms with Gasteiger partial charge in [0.05, 0.1) is 17.3 Å². The molecule has 0 amide bonds. The molecule has 1 aliphatic carbocycles. The summed E-state index contributed by atoms with van der Waals surface area (Å²) in [5.41, 5.74) is 6.15. The molecule has 6 rings (SSSR count). The van der Waals surface area contributed by atoms with Crippen LogP contribution in [0.5, 0.6) is 0 Å². The molecule has 4 aromatic rings. The number of carboxylic acid groups (broad SMARTS) is 1. The van der Waals surface area contributed by atoms with Crippen molar-refractivity contribution >= 4 is 22.4 Å². The molecule has 0 bridgehead atoms. The first-order chi connectivity index (χ1) is 14.7. The number of nitrogens with one attached hydrogen (secondary N) is 1. The Morgan fingerprint density at radius 2 is 1.50 bits per heavy atom. The predicted octanol–water partition coefficient (Wildman–Crippen LogP) is 6.01. The number of hydrogen-bond acceptors (Lipinski definition) is 2. The normalized spacial score (nSPS) is 21.4. The van der Waals surface area contributed by atoms with Crippen LogP contribution in [-0.2, 0) is 6.42 Å². The van der Waals surface area contributed by atoms with Gasteiger partial charge in [-0.3, -0.25) is 0 Å². The number of hydrogen-bond donors (Lipinski definition) is 2. The number of para-hydroxylation sites is 1. The van der Waals surface area contributed by atoms with Crippen molar-refractivity contribution in [3.05, 3.63) is 113 Å². The summed E-state index contributed by atoms with van der Waals surface area (Å²) in [5.74, 6) is -0.355. The maximum Gasteiger partial charge on any atom is 0.337 e. The van der Waals surface area contributed by atoms with Crippen molar-refractivity contribution in [1.29, 1.82) is 0 Å². The number of fused-ring (bicyclic) bond motifs is 6. The van der Waals surface area contributed by atoms with E-state index in [0.717, 1.165) is 17.7 Å². The van der Waals surface area contributed by atoms with Gasteiger partial charge in [-0.05, 0) is 51.4 Å². The maximum atomic E-state index is 12.0.